The second-order valence-corrected chi connectivity index (χ2v) is 3.80. The first kappa shape index (κ1) is 11.3. The second kappa shape index (κ2) is 5.23. The molecule has 1 N–H and O–H groups in total. The number of nitrogens with zero attached hydrogens (tertiary/aromatic N) is 2. The summed E-state index contributed by atoms with van der Waals surface area (Å²) in [4.78, 5) is 8.12. The van der Waals surface area contributed by atoms with E-state index in [9.17, 15) is 5.11 Å². The van der Waals surface area contributed by atoms with Gasteiger partial charge in [0.25, 0.3) is 0 Å². The average Bonchev–Trinajstić information content (AvgIpc) is 2.39. The smallest absolute Gasteiger partial charge is 0.238 e. The summed E-state index contributed by atoms with van der Waals surface area (Å²) in [6.45, 7) is 0.699. The summed E-state index contributed by atoms with van der Waals surface area (Å²) in [6.07, 6.45) is 5.11. The molecule has 1 aromatic heterocycles. The van der Waals surface area contributed by atoms with Crippen molar-refractivity contribution in [3.63, 3.8) is 0 Å². The molecule has 0 bridgehead atoms. The first-order valence-electron chi connectivity index (χ1n) is 5.47. The number of ether oxygens (including phenoxy) is 2. The summed E-state index contributed by atoms with van der Waals surface area (Å²) in [5.74, 6) is 0.365. The number of aliphatic hydroxyl groups is 1. The van der Waals surface area contributed by atoms with Gasteiger partial charge in [-0.2, -0.15) is 0 Å². The predicted molar refractivity (Wildman–Crippen MR) is 57.1 cm³/mol. The Balaban J connectivity index is 2.15. The SMILES string of the molecule is COc1nccnc1C(O)C1CCCCO1. The van der Waals surface area contributed by atoms with E-state index in [1.807, 2.05) is 0 Å². The van der Waals surface area contributed by atoms with Gasteiger partial charge in [-0.3, -0.25) is 4.98 Å². The van der Waals surface area contributed by atoms with E-state index in [1.54, 1.807) is 6.20 Å². The Morgan fingerprint density at radius 1 is 1.44 bits per heavy atom. The van der Waals surface area contributed by atoms with Crippen LogP contribution in [0.3, 0.4) is 0 Å². The normalized spacial score (nSPS) is 22.8. The fourth-order valence-corrected chi connectivity index (χ4v) is 1.89. The van der Waals surface area contributed by atoms with Gasteiger partial charge in [-0.1, -0.05) is 0 Å². The molecule has 1 fully saturated rings. The lowest BCUT2D eigenvalue weighted by Crippen LogP contribution is -2.27. The van der Waals surface area contributed by atoms with Gasteiger partial charge in [0, 0.05) is 19.0 Å². The Morgan fingerprint density at radius 3 is 2.94 bits per heavy atom. The van der Waals surface area contributed by atoms with Crippen LogP contribution in [0.15, 0.2) is 12.4 Å². The van der Waals surface area contributed by atoms with E-state index in [2.05, 4.69) is 9.97 Å². The molecule has 5 heteroatoms. The largest absolute Gasteiger partial charge is 0.480 e. The van der Waals surface area contributed by atoms with Crippen LogP contribution in [0.5, 0.6) is 5.88 Å². The molecule has 1 aliphatic rings. The summed E-state index contributed by atoms with van der Waals surface area (Å²) in [6, 6.07) is 0. The third-order valence-corrected chi connectivity index (χ3v) is 2.73. The lowest BCUT2D eigenvalue weighted by molar-refractivity contribution is -0.0656. The highest BCUT2D eigenvalue weighted by Crippen LogP contribution is 2.28. The van der Waals surface area contributed by atoms with Crippen molar-refractivity contribution in [2.45, 2.75) is 31.5 Å². The lowest BCUT2D eigenvalue weighted by Gasteiger charge is -2.26. The number of aromatic nitrogens is 2. The van der Waals surface area contributed by atoms with Crippen LogP contribution in [-0.4, -0.2) is 34.9 Å². The molecule has 0 saturated carbocycles. The Bertz CT molecular complexity index is 340. The van der Waals surface area contributed by atoms with Crippen LogP contribution >= 0.6 is 0 Å². The molecule has 1 aliphatic heterocycles. The number of aliphatic hydroxyl groups excluding tert-OH is 1. The molecule has 0 aromatic carbocycles. The van der Waals surface area contributed by atoms with E-state index in [0.717, 1.165) is 19.3 Å². The zero-order chi connectivity index (χ0) is 11.4. The van der Waals surface area contributed by atoms with Gasteiger partial charge in [0.05, 0.1) is 13.2 Å². The molecule has 5 nitrogen and oxygen atoms in total. The molecule has 2 atom stereocenters. The summed E-state index contributed by atoms with van der Waals surface area (Å²) in [7, 11) is 1.52. The number of hydrogen-bond donors (Lipinski definition) is 1. The third kappa shape index (κ3) is 2.31. The minimum Gasteiger partial charge on any atom is -0.480 e. The molecular weight excluding hydrogens is 208 g/mol. The van der Waals surface area contributed by atoms with Crippen molar-refractivity contribution in [1.82, 2.24) is 9.97 Å². The van der Waals surface area contributed by atoms with Gasteiger partial charge in [0.1, 0.15) is 11.8 Å². The topological polar surface area (TPSA) is 64.5 Å². The summed E-state index contributed by atoms with van der Waals surface area (Å²) in [5.41, 5.74) is 0.455. The molecular formula is C11H16N2O3. The minimum absolute atomic E-state index is 0.195. The van der Waals surface area contributed by atoms with Crippen LogP contribution in [0.25, 0.3) is 0 Å². The zero-order valence-corrected chi connectivity index (χ0v) is 9.30. The Labute approximate surface area is 94.4 Å². The molecule has 0 radical (unpaired) electrons. The maximum Gasteiger partial charge on any atom is 0.238 e. The first-order chi connectivity index (χ1) is 7.83. The fourth-order valence-electron chi connectivity index (χ4n) is 1.89. The van der Waals surface area contributed by atoms with Crippen molar-refractivity contribution in [3.8, 4) is 5.88 Å². The van der Waals surface area contributed by atoms with Crippen molar-refractivity contribution < 1.29 is 14.6 Å². The van der Waals surface area contributed by atoms with Gasteiger partial charge in [0.2, 0.25) is 5.88 Å². The average molecular weight is 224 g/mol. The Hall–Kier alpha value is -1.20. The molecule has 2 unspecified atom stereocenters. The molecule has 0 aliphatic carbocycles. The highest BCUT2D eigenvalue weighted by atomic mass is 16.5. The minimum atomic E-state index is -0.760. The van der Waals surface area contributed by atoms with Gasteiger partial charge in [-0.05, 0) is 19.3 Å². The number of hydrogen-bond acceptors (Lipinski definition) is 5. The molecule has 1 saturated heterocycles. The van der Waals surface area contributed by atoms with Crippen LogP contribution in [0.2, 0.25) is 0 Å². The van der Waals surface area contributed by atoms with Crippen LogP contribution in [0.4, 0.5) is 0 Å². The molecule has 16 heavy (non-hydrogen) atoms. The lowest BCUT2D eigenvalue weighted by atomic mass is 10.0. The molecule has 1 aromatic rings. The highest BCUT2D eigenvalue weighted by Gasteiger charge is 2.27. The van der Waals surface area contributed by atoms with Gasteiger partial charge >= 0.3 is 0 Å². The van der Waals surface area contributed by atoms with Crippen molar-refractivity contribution in [2.24, 2.45) is 0 Å². The standard InChI is InChI=1S/C11H16N2O3/c1-15-11-9(12-5-6-13-11)10(14)8-4-2-3-7-16-8/h5-6,8,10,14H,2-4,7H2,1H3. The Kier molecular flexibility index (Phi) is 3.69. The third-order valence-electron chi connectivity index (χ3n) is 2.73. The number of rotatable bonds is 3. The van der Waals surface area contributed by atoms with E-state index in [1.165, 1.54) is 13.3 Å². The van der Waals surface area contributed by atoms with Crippen molar-refractivity contribution in [1.29, 1.82) is 0 Å². The number of methoxy groups -OCH3 is 1. The highest BCUT2D eigenvalue weighted by molar-refractivity contribution is 5.20. The monoisotopic (exact) mass is 224 g/mol. The molecule has 0 amide bonds. The maximum atomic E-state index is 10.1. The van der Waals surface area contributed by atoms with Crippen LogP contribution in [0, 0.1) is 0 Å². The van der Waals surface area contributed by atoms with Crippen molar-refractivity contribution in [3.05, 3.63) is 18.1 Å². The first-order valence-corrected chi connectivity index (χ1v) is 5.47. The van der Waals surface area contributed by atoms with Crippen LogP contribution < -0.4 is 4.74 Å². The molecule has 2 rings (SSSR count). The van der Waals surface area contributed by atoms with Crippen LogP contribution in [-0.2, 0) is 4.74 Å². The predicted octanol–water partition coefficient (Wildman–Crippen LogP) is 1.09. The van der Waals surface area contributed by atoms with Crippen molar-refractivity contribution in [2.75, 3.05) is 13.7 Å². The van der Waals surface area contributed by atoms with Gasteiger partial charge < -0.3 is 14.6 Å². The fraction of sp³-hybridized carbons (Fsp3) is 0.636. The summed E-state index contributed by atoms with van der Waals surface area (Å²) >= 11 is 0. The van der Waals surface area contributed by atoms with Gasteiger partial charge in [-0.25, -0.2) is 4.98 Å². The second-order valence-electron chi connectivity index (χ2n) is 3.80. The molecule has 2 heterocycles. The van der Waals surface area contributed by atoms with Gasteiger partial charge in [0.15, 0.2) is 0 Å². The quantitative estimate of drug-likeness (QED) is 0.832. The van der Waals surface area contributed by atoms with Crippen LogP contribution in [0.1, 0.15) is 31.1 Å². The molecule has 88 valence electrons. The van der Waals surface area contributed by atoms with Gasteiger partial charge in [-0.15, -0.1) is 0 Å². The summed E-state index contributed by atoms with van der Waals surface area (Å²) in [5, 5.41) is 10.1. The van der Waals surface area contributed by atoms with E-state index in [4.69, 9.17) is 9.47 Å². The van der Waals surface area contributed by atoms with E-state index < -0.39 is 6.10 Å². The molecule has 0 spiro atoms. The summed E-state index contributed by atoms with van der Waals surface area (Å²) < 4.78 is 10.6. The van der Waals surface area contributed by atoms with Crippen molar-refractivity contribution >= 4 is 0 Å². The van der Waals surface area contributed by atoms with E-state index in [-0.39, 0.29) is 6.10 Å². The maximum absolute atomic E-state index is 10.1. The van der Waals surface area contributed by atoms with E-state index >= 15 is 0 Å². The Morgan fingerprint density at radius 2 is 2.25 bits per heavy atom. The zero-order valence-electron chi connectivity index (χ0n) is 9.30. The van der Waals surface area contributed by atoms with E-state index in [0.29, 0.717) is 18.2 Å².